The summed E-state index contributed by atoms with van der Waals surface area (Å²) in [4.78, 5) is 0. The molecule has 200 valence electrons. The van der Waals surface area contributed by atoms with E-state index < -0.39 is 51.6 Å². The molecule has 0 nitrogen and oxygen atoms in total. The van der Waals surface area contributed by atoms with Crippen molar-refractivity contribution in [2.75, 3.05) is 0 Å². The second kappa shape index (κ2) is 10.3. The van der Waals surface area contributed by atoms with Crippen LogP contribution in [0.25, 0.3) is 0 Å². The average molecular weight is 636 g/mol. The van der Waals surface area contributed by atoms with Crippen molar-refractivity contribution in [1.29, 1.82) is 0 Å². The molecule has 33 heavy (non-hydrogen) atoms. The third-order valence-corrected chi connectivity index (χ3v) is 6.75. The Morgan fingerprint density at radius 2 is 0.909 bits per heavy atom. The molecule has 0 aromatic carbocycles. The number of rotatable bonds is 13. The summed E-state index contributed by atoms with van der Waals surface area (Å²) in [7, 11) is 0. The van der Waals surface area contributed by atoms with Gasteiger partial charge in [0.1, 0.15) is 0 Å². The summed E-state index contributed by atoms with van der Waals surface area (Å²) < 4.78 is 198. The molecule has 0 heterocycles. The van der Waals surface area contributed by atoms with Crippen LogP contribution >= 0.6 is 22.6 Å². The molecule has 2 atom stereocenters. The van der Waals surface area contributed by atoms with Crippen LogP contribution in [-0.4, -0.2) is 45.6 Å². The van der Waals surface area contributed by atoms with E-state index in [1.54, 1.807) is 0 Å². The summed E-state index contributed by atoms with van der Waals surface area (Å²) in [5.74, 6) is -48.9. The van der Waals surface area contributed by atoms with E-state index in [0.717, 1.165) is 35.4 Å². The highest BCUT2D eigenvalue weighted by molar-refractivity contribution is 14.1. The molecule has 0 aromatic heterocycles. The number of unbranched alkanes of at least 4 members (excludes halogenated alkanes) is 4. The van der Waals surface area contributed by atoms with Crippen LogP contribution in [0.15, 0.2) is 0 Å². The number of alkyl halides is 16. The van der Waals surface area contributed by atoms with Crippen LogP contribution in [0, 0.1) is 5.92 Å². The zero-order chi connectivity index (χ0) is 26.9. The second-order valence-electron chi connectivity index (χ2n) is 7.50. The third-order valence-electron chi connectivity index (χ3n) is 5.05. The predicted molar refractivity (Wildman–Crippen MR) is 96.1 cm³/mol. The Morgan fingerprint density at radius 3 is 1.30 bits per heavy atom. The SMILES string of the molecule is CCCCCCCC(I)C(C)C(F)(F)C(F)(F)C(F)(F)C(F)(F)C(F)(F)C(F)(F)C(F)(F)F. The zero-order valence-electron chi connectivity index (χ0n) is 16.9. The first-order chi connectivity index (χ1) is 14.4. The van der Waals surface area contributed by atoms with Gasteiger partial charge in [0.05, 0.1) is 0 Å². The highest BCUT2D eigenvalue weighted by Gasteiger charge is 2.93. The summed E-state index contributed by atoms with van der Waals surface area (Å²) in [5, 5.41) is 0. The Hall–Kier alpha value is -0.320. The lowest BCUT2D eigenvalue weighted by Gasteiger charge is -2.43. The van der Waals surface area contributed by atoms with Crippen LogP contribution in [0.1, 0.15) is 52.4 Å². The molecule has 0 aliphatic heterocycles. The minimum atomic E-state index is -8.23. The molecule has 0 fully saturated rings. The smallest absolute Gasteiger partial charge is 0.199 e. The quantitative estimate of drug-likeness (QED) is 0.0819. The molecule has 0 aromatic rings. The van der Waals surface area contributed by atoms with Gasteiger partial charge < -0.3 is 0 Å². The van der Waals surface area contributed by atoms with E-state index >= 15 is 0 Å². The number of halogens is 16. The fourth-order valence-corrected chi connectivity index (χ4v) is 3.58. The summed E-state index contributed by atoms with van der Waals surface area (Å²) in [6.45, 7) is 2.05. The summed E-state index contributed by atoms with van der Waals surface area (Å²) in [5.41, 5.74) is 0. The van der Waals surface area contributed by atoms with E-state index in [0.29, 0.717) is 12.8 Å². The topological polar surface area (TPSA) is 0 Å². The molecular formula is C17H20F15I. The van der Waals surface area contributed by atoms with Gasteiger partial charge in [0.15, 0.2) is 0 Å². The second-order valence-corrected chi connectivity index (χ2v) is 9.10. The van der Waals surface area contributed by atoms with E-state index in [1.807, 2.05) is 6.92 Å². The van der Waals surface area contributed by atoms with E-state index in [4.69, 9.17) is 0 Å². The Bertz CT molecular complexity index is 626. The molecule has 16 heteroatoms. The van der Waals surface area contributed by atoms with Gasteiger partial charge in [0, 0.05) is 9.84 Å². The van der Waals surface area contributed by atoms with Gasteiger partial charge in [-0.1, -0.05) is 68.5 Å². The molecule has 0 N–H and O–H groups in total. The molecule has 0 saturated heterocycles. The molecule has 0 saturated carbocycles. The van der Waals surface area contributed by atoms with Crippen molar-refractivity contribution >= 4 is 22.6 Å². The maximum Gasteiger partial charge on any atom is 0.460 e. The first-order valence-corrected chi connectivity index (χ1v) is 10.6. The van der Waals surface area contributed by atoms with Gasteiger partial charge in [0.2, 0.25) is 0 Å². The molecule has 0 radical (unpaired) electrons. The normalized spacial score (nSPS) is 17.3. The van der Waals surface area contributed by atoms with Crippen LogP contribution in [0.2, 0.25) is 0 Å². The fourth-order valence-electron chi connectivity index (χ4n) is 2.68. The fraction of sp³-hybridized carbons (Fsp3) is 1.00. The van der Waals surface area contributed by atoms with Crippen molar-refractivity contribution in [3.05, 3.63) is 0 Å². The minimum absolute atomic E-state index is 0.127. The molecule has 0 amide bonds. The summed E-state index contributed by atoms with van der Waals surface area (Å²) >= 11 is 1.12. The summed E-state index contributed by atoms with van der Waals surface area (Å²) in [6.07, 6.45) is -5.25. The van der Waals surface area contributed by atoms with Crippen LogP contribution in [-0.2, 0) is 0 Å². The molecule has 0 bridgehead atoms. The van der Waals surface area contributed by atoms with Crippen molar-refractivity contribution in [2.45, 2.75) is 98.0 Å². The van der Waals surface area contributed by atoms with Gasteiger partial charge in [-0.15, -0.1) is 0 Å². The standard InChI is InChI=1S/C17H20F15I/c1-3-4-5-6-7-8-10(33)9(2)11(18,19)12(20,21)13(22,23)14(24,25)15(26,27)16(28,29)17(30,31)32/h9-10H,3-8H2,1-2H3. The van der Waals surface area contributed by atoms with Crippen LogP contribution in [0.3, 0.4) is 0 Å². The first kappa shape index (κ1) is 32.7. The maximum absolute atomic E-state index is 14.2. The summed E-state index contributed by atoms with van der Waals surface area (Å²) in [6, 6.07) is 0. The van der Waals surface area contributed by atoms with E-state index in [-0.39, 0.29) is 19.8 Å². The average Bonchev–Trinajstić information content (AvgIpc) is 2.65. The van der Waals surface area contributed by atoms with E-state index in [9.17, 15) is 65.9 Å². The van der Waals surface area contributed by atoms with Crippen molar-refractivity contribution in [3.63, 3.8) is 0 Å². The maximum atomic E-state index is 14.2. The molecular weight excluding hydrogens is 616 g/mol. The van der Waals surface area contributed by atoms with Crippen LogP contribution < -0.4 is 0 Å². The van der Waals surface area contributed by atoms with Gasteiger partial charge in [-0.3, -0.25) is 0 Å². The zero-order valence-corrected chi connectivity index (χ0v) is 19.1. The molecule has 0 spiro atoms. The predicted octanol–water partition coefficient (Wildman–Crippen LogP) is 9.16. The van der Waals surface area contributed by atoms with Gasteiger partial charge in [0.25, 0.3) is 0 Å². The third kappa shape index (κ3) is 5.59. The van der Waals surface area contributed by atoms with Crippen molar-refractivity contribution in [3.8, 4) is 0 Å². The molecule has 2 unspecified atom stereocenters. The Kier molecular flexibility index (Phi) is 10.2. The highest BCUT2D eigenvalue weighted by Crippen LogP contribution is 2.63. The van der Waals surface area contributed by atoms with E-state index in [1.165, 1.54) is 0 Å². The molecule has 0 aliphatic rings. The first-order valence-electron chi connectivity index (χ1n) is 9.37. The monoisotopic (exact) mass is 636 g/mol. The van der Waals surface area contributed by atoms with Crippen LogP contribution in [0.4, 0.5) is 65.9 Å². The number of hydrogen-bond donors (Lipinski definition) is 0. The molecule has 0 rings (SSSR count). The lowest BCUT2D eigenvalue weighted by molar-refractivity contribution is -0.454. The lowest BCUT2D eigenvalue weighted by atomic mass is 9.84. The van der Waals surface area contributed by atoms with Crippen LogP contribution in [0.5, 0.6) is 0 Å². The van der Waals surface area contributed by atoms with Crippen molar-refractivity contribution in [2.24, 2.45) is 5.92 Å². The van der Waals surface area contributed by atoms with Gasteiger partial charge in [-0.05, 0) is 6.42 Å². The van der Waals surface area contributed by atoms with Gasteiger partial charge in [-0.25, -0.2) is 0 Å². The van der Waals surface area contributed by atoms with Crippen molar-refractivity contribution in [1.82, 2.24) is 0 Å². The van der Waals surface area contributed by atoms with Crippen molar-refractivity contribution < 1.29 is 65.9 Å². The van der Waals surface area contributed by atoms with E-state index in [2.05, 4.69) is 0 Å². The number of hydrogen-bond acceptors (Lipinski definition) is 0. The molecule has 0 aliphatic carbocycles. The minimum Gasteiger partial charge on any atom is -0.199 e. The largest absolute Gasteiger partial charge is 0.460 e. The van der Waals surface area contributed by atoms with Gasteiger partial charge in [-0.2, -0.15) is 65.9 Å². The van der Waals surface area contributed by atoms with Gasteiger partial charge >= 0.3 is 41.7 Å². The lowest BCUT2D eigenvalue weighted by Crippen LogP contribution is -2.73. The Labute approximate surface area is 192 Å². The Morgan fingerprint density at radius 1 is 0.545 bits per heavy atom. The Balaban J connectivity index is 6.07. The highest BCUT2D eigenvalue weighted by atomic mass is 127.